The Balaban J connectivity index is 1.37. The minimum absolute atomic E-state index is 0.553. The van der Waals surface area contributed by atoms with Crippen molar-refractivity contribution in [2.75, 3.05) is 13.1 Å². The van der Waals surface area contributed by atoms with Gasteiger partial charge in [-0.05, 0) is 37.0 Å². The van der Waals surface area contributed by atoms with Crippen molar-refractivity contribution >= 4 is 0 Å². The van der Waals surface area contributed by atoms with Crippen molar-refractivity contribution in [1.29, 1.82) is 0 Å². The molecule has 1 saturated carbocycles. The lowest BCUT2D eigenvalue weighted by molar-refractivity contribution is -0.927. The molecule has 3 rings (SSSR count). The largest absolute Gasteiger partial charge is 0.341 e. The monoisotopic (exact) mass is 344 g/mol. The zero-order valence-corrected chi connectivity index (χ0v) is 16.8. The van der Waals surface area contributed by atoms with Crippen LogP contribution in [0.25, 0.3) is 0 Å². The quantitative estimate of drug-likeness (QED) is 0.792. The molecule has 2 nitrogen and oxygen atoms in total. The van der Waals surface area contributed by atoms with E-state index in [1.54, 1.807) is 4.90 Å². The van der Waals surface area contributed by atoms with Gasteiger partial charge in [-0.2, -0.15) is 0 Å². The summed E-state index contributed by atoms with van der Waals surface area (Å²) in [5.74, 6) is 0.958. The van der Waals surface area contributed by atoms with Crippen LogP contribution in [0.5, 0.6) is 0 Å². The first-order valence-electron chi connectivity index (χ1n) is 10.8. The Hall–Kier alpha value is -0.860. The molecular weight excluding hydrogens is 304 g/mol. The van der Waals surface area contributed by atoms with Crippen molar-refractivity contribution in [2.45, 2.75) is 84.3 Å². The van der Waals surface area contributed by atoms with Gasteiger partial charge in [0.25, 0.3) is 0 Å². The fourth-order valence-electron chi connectivity index (χ4n) is 5.07. The lowest BCUT2D eigenvalue weighted by Crippen LogP contribution is -3.14. The van der Waals surface area contributed by atoms with E-state index in [0.29, 0.717) is 5.41 Å². The standard InChI is InChI=1S/C23H38N2/c1-4-23(2,3)20-10-12-21(13-11-20)24-22-14-16-25(17-15-22)18-19-8-6-5-7-9-19/h5-9,20-22,24H,4,10-18H2,1-3H3/p+2. The zero-order chi connectivity index (χ0) is 17.7. The predicted molar refractivity (Wildman–Crippen MR) is 106 cm³/mol. The van der Waals surface area contributed by atoms with Gasteiger partial charge in [0.1, 0.15) is 6.54 Å². The number of likely N-dealkylation sites (tertiary alicyclic amines) is 1. The van der Waals surface area contributed by atoms with Gasteiger partial charge in [0.15, 0.2) is 0 Å². The van der Waals surface area contributed by atoms with Crippen LogP contribution in [0.15, 0.2) is 30.3 Å². The average Bonchev–Trinajstić information content (AvgIpc) is 2.65. The van der Waals surface area contributed by atoms with Crippen molar-refractivity contribution in [3.8, 4) is 0 Å². The molecule has 0 amide bonds. The molecule has 1 aromatic carbocycles. The number of hydrogen-bond donors (Lipinski definition) is 2. The molecule has 1 aromatic rings. The van der Waals surface area contributed by atoms with Crippen LogP contribution in [0, 0.1) is 11.3 Å². The molecule has 2 aliphatic rings. The number of piperidine rings is 1. The molecule has 3 N–H and O–H groups in total. The van der Waals surface area contributed by atoms with Crippen LogP contribution >= 0.6 is 0 Å². The summed E-state index contributed by atoms with van der Waals surface area (Å²) in [7, 11) is 0. The first kappa shape index (κ1) is 18.9. The Kier molecular flexibility index (Phi) is 6.57. The first-order chi connectivity index (χ1) is 12.1. The minimum Gasteiger partial charge on any atom is -0.341 e. The molecule has 0 radical (unpaired) electrons. The van der Waals surface area contributed by atoms with Gasteiger partial charge in [0.05, 0.1) is 25.2 Å². The van der Waals surface area contributed by atoms with E-state index >= 15 is 0 Å². The number of rotatable bonds is 6. The van der Waals surface area contributed by atoms with Gasteiger partial charge in [0, 0.05) is 18.4 Å². The van der Waals surface area contributed by atoms with E-state index in [1.807, 2.05) is 0 Å². The average molecular weight is 345 g/mol. The Morgan fingerprint density at radius 1 is 0.920 bits per heavy atom. The molecule has 25 heavy (non-hydrogen) atoms. The maximum Gasteiger partial charge on any atom is 0.103 e. The Bertz CT molecular complexity index is 494. The van der Waals surface area contributed by atoms with Crippen LogP contribution in [-0.2, 0) is 6.54 Å². The molecule has 140 valence electrons. The van der Waals surface area contributed by atoms with Gasteiger partial charge in [-0.15, -0.1) is 0 Å². The van der Waals surface area contributed by atoms with E-state index in [0.717, 1.165) is 18.0 Å². The van der Waals surface area contributed by atoms with Gasteiger partial charge in [0.2, 0.25) is 0 Å². The topological polar surface area (TPSA) is 21.1 Å². The summed E-state index contributed by atoms with van der Waals surface area (Å²) in [6, 6.07) is 12.8. The van der Waals surface area contributed by atoms with E-state index in [-0.39, 0.29) is 0 Å². The highest BCUT2D eigenvalue weighted by atomic mass is 15.1. The predicted octanol–water partition coefficient (Wildman–Crippen LogP) is 2.79. The smallest absolute Gasteiger partial charge is 0.103 e. The fraction of sp³-hybridized carbons (Fsp3) is 0.739. The third kappa shape index (κ3) is 5.31. The molecule has 0 bridgehead atoms. The highest BCUT2D eigenvalue weighted by Crippen LogP contribution is 2.39. The lowest BCUT2D eigenvalue weighted by atomic mass is 9.69. The van der Waals surface area contributed by atoms with Crippen LogP contribution in [0.3, 0.4) is 0 Å². The van der Waals surface area contributed by atoms with Gasteiger partial charge < -0.3 is 10.2 Å². The Morgan fingerprint density at radius 2 is 1.52 bits per heavy atom. The summed E-state index contributed by atoms with van der Waals surface area (Å²) in [5, 5.41) is 2.77. The van der Waals surface area contributed by atoms with Gasteiger partial charge in [-0.3, -0.25) is 0 Å². The Morgan fingerprint density at radius 3 is 2.12 bits per heavy atom. The molecule has 0 spiro atoms. The number of nitrogens with one attached hydrogen (secondary N) is 1. The maximum absolute atomic E-state index is 2.77. The van der Waals surface area contributed by atoms with Crippen LogP contribution in [0.4, 0.5) is 0 Å². The summed E-state index contributed by atoms with van der Waals surface area (Å²) in [4.78, 5) is 1.78. The highest BCUT2D eigenvalue weighted by molar-refractivity contribution is 5.13. The van der Waals surface area contributed by atoms with Crippen LogP contribution in [-0.4, -0.2) is 25.2 Å². The van der Waals surface area contributed by atoms with Crippen molar-refractivity contribution in [2.24, 2.45) is 11.3 Å². The maximum atomic E-state index is 2.77. The van der Waals surface area contributed by atoms with Gasteiger partial charge in [-0.1, -0.05) is 57.5 Å². The summed E-state index contributed by atoms with van der Waals surface area (Å²) < 4.78 is 0. The number of hydrogen-bond acceptors (Lipinski definition) is 0. The molecule has 2 fully saturated rings. The molecule has 1 aliphatic carbocycles. The SMILES string of the molecule is CCC(C)(C)C1CCC([NH2+]C2CC[NH+](Cc3ccccc3)CC2)CC1. The van der Waals surface area contributed by atoms with E-state index in [1.165, 1.54) is 70.1 Å². The summed E-state index contributed by atoms with van der Waals surface area (Å²) in [5.41, 5.74) is 2.05. The molecular formula is C23H40N2+2. The van der Waals surface area contributed by atoms with Crippen LogP contribution < -0.4 is 10.2 Å². The molecule has 1 saturated heterocycles. The molecule has 0 atom stereocenters. The van der Waals surface area contributed by atoms with Gasteiger partial charge in [-0.25, -0.2) is 0 Å². The zero-order valence-electron chi connectivity index (χ0n) is 16.8. The van der Waals surface area contributed by atoms with Crippen molar-refractivity contribution in [3.63, 3.8) is 0 Å². The number of benzene rings is 1. The van der Waals surface area contributed by atoms with Crippen molar-refractivity contribution < 1.29 is 10.2 Å². The summed E-state index contributed by atoms with van der Waals surface area (Å²) in [6.07, 6.45) is 9.95. The molecule has 0 unspecified atom stereocenters. The second-order valence-corrected chi connectivity index (χ2v) is 9.40. The van der Waals surface area contributed by atoms with E-state index in [2.05, 4.69) is 56.4 Å². The molecule has 1 heterocycles. The second-order valence-electron chi connectivity index (χ2n) is 9.40. The Labute approximate surface area is 155 Å². The normalized spacial score (nSPS) is 31.0. The lowest BCUT2D eigenvalue weighted by Gasteiger charge is -2.39. The first-order valence-corrected chi connectivity index (χ1v) is 10.8. The number of quaternary nitrogens is 2. The van der Waals surface area contributed by atoms with Crippen molar-refractivity contribution in [1.82, 2.24) is 0 Å². The summed E-state index contributed by atoms with van der Waals surface area (Å²) in [6.45, 7) is 11.2. The van der Waals surface area contributed by atoms with Crippen LogP contribution in [0.2, 0.25) is 0 Å². The second kappa shape index (κ2) is 8.68. The third-order valence-corrected chi connectivity index (χ3v) is 7.37. The summed E-state index contributed by atoms with van der Waals surface area (Å²) >= 11 is 0. The van der Waals surface area contributed by atoms with Crippen molar-refractivity contribution in [3.05, 3.63) is 35.9 Å². The third-order valence-electron chi connectivity index (χ3n) is 7.37. The number of nitrogens with two attached hydrogens (primary N) is 1. The minimum atomic E-state index is 0.553. The molecule has 0 aromatic heterocycles. The fourth-order valence-corrected chi connectivity index (χ4v) is 5.07. The van der Waals surface area contributed by atoms with E-state index in [4.69, 9.17) is 0 Å². The van der Waals surface area contributed by atoms with E-state index < -0.39 is 0 Å². The van der Waals surface area contributed by atoms with Gasteiger partial charge >= 0.3 is 0 Å². The highest BCUT2D eigenvalue weighted by Gasteiger charge is 2.34. The van der Waals surface area contributed by atoms with Crippen LogP contribution in [0.1, 0.15) is 71.3 Å². The van der Waals surface area contributed by atoms with E-state index in [9.17, 15) is 0 Å². The molecule has 1 aliphatic heterocycles. The molecule has 2 heteroatoms.